The number of fused-ring (bicyclic) bond motifs is 1. The van der Waals surface area contributed by atoms with Gasteiger partial charge in [-0.3, -0.25) is 9.59 Å². The molecule has 7 atom stereocenters. The third-order valence-corrected chi connectivity index (χ3v) is 9.89. The Morgan fingerprint density at radius 2 is 1.64 bits per heavy atom. The number of nitrogens with one attached hydrogen (secondary N) is 4. The molecule has 3 aliphatic carbocycles. The fourth-order valence-electron chi connectivity index (χ4n) is 7.64. The first-order valence-electron chi connectivity index (χ1n) is 14.1. The number of piperidine rings is 2. The van der Waals surface area contributed by atoms with E-state index in [1.54, 1.807) is 0 Å². The normalized spacial score (nSPS) is 43.2. The summed E-state index contributed by atoms with van der Waals surface area (Å²) in [6.45, 7) is 7.65. The molecule has 33 heavy (non-hydrogen) atoms. The van der Waals surface area contributed by atoms with Crippen LogP contribution in [0.4, 0.5) is 0 Å². The van der Waals surface area contributed by atoms with E-state index >= 15 is 0 Å². The molecule has 186 valence electrons. The number of hydrogen-bond donors (Lipinski definition) is 4. The Kier molecular flexibility index (Phi) is 7.61. The van der Waals surface area contributed by atoms with Gasteiger partial charge in [-0.15, -0.1) is 0 Å². The summed E-state index contributed by atoms with van der Waals surface area (Å²) >= 11 is 0. The van der Waals surface area contributed by atoms with Crippen LogP contribution in [-0.2, 0) is 9.59 Å². The van der Waals surface area contributed by atoms with E-state index in [0.29, 0.717) is 29.7 Å². The van der Waals surface area contributed by atoms with E-state index in [-0.39, 0.29) is 17.7 Å². The highest BCUT2D eigenvalue weighted by molar-refractivity contribution is 5.82. The van der Waals surface area contributed by atoms with Crippen molar-refractivity contribution in [1.82, 2.24) is 21.3 Å². The van der Waals surface area contributed by atoms with E-state index < -0.39 is 0 Å². The van der Waals surface area contributed by atoms with Crippen LogP contribution in [0.2, 0.25) is 0 Å². The zero-order valence-corrected chi connectivity index (χ0v) is 20.6. The molecule has 5 rings (SSSR count). The summed E-state index contributed by atoms with van der Waals surface area (Å²) in [5.74, 6) is 5.13. The fourth-order valence-corrected chi connectivity index (χ4v) is 7.64. The van der Waals surface area contributed by atoms with Crippen molar-refractivity contribution in [2.45, 2.75) is 77.2 Å². The van der Waals surface area contributed by atoms with Gasteiger partial charge in [0.25, 0.3) is 0 Å². The Bertz CT molecular complexity index is 686. The Balaban J connectivity index is 1.01. The first kappa shape index (κ1) is 23.6. The van der Waals surface area contributed by atoms with Crippen LogP contribution in [-0.4, -0.2) is 50.6 Å². The predicted octanol–water partition coefficient (Wildman–Crippen LogP) is 2.69. The summed E-state index contributed by atoms with van der Waals surface area (Å²) < 4.78 is 0. The van der Waals surface area contributed by atoms with E-state index in [1.165, 1.54) is 32.2 Å². The van der Waals surface area contributed by atoms with Crippen LogP contribution in [0.3, 0.4) is 0 Å². The minimum absolute atomic E-state index is 0.186. The monoisotopic (exact) mass is 458 g/mol. The van der Waals surface area contributed by atoms with Crippen LogP contribution in [0, 0.1) is 47.3 Å². The van der Waals surface area contributed by atoms with Gasteiger partial charge in [0.1, 0.15) is 0 Å². The average molecular weight is 459 g/mol. The summed E-state index contributed by atoms with van der Waals surface area (Å²) in [6.07, 6.45) is 11.3. The lowest BCUT2D eigenvalue weighted by Crippen LogP contribution is -2.49. The first-order valence-corrected chi connectivity index (χ1v) is 14.1. The smallest absolute Gasteiger partial charge is 0.223 e. The van der Waals surface area contributed by atoms with Crippen molar-refractivity contribution in [3.63, 3.8) is 0 Å². The highest BCUT2D eigenvalue weighted by Gasteiger charge is 2.49. The maximum Gasteiger partial charge on any atom is 0.223 e. The van der Waals surface area contributed by atoms with Crippen LogP contribution >= 0.6 is 0 Å². The lowest BCUT2D eigenvalue weighted by molar-refractivity contribution is -0.127. The standard InChI is InChI=1S/C27H46N4O2/c1-17-13-29-16-21-8-9-22(11-23(17)21)31-27(33)25-12-24(25)19-4-6-20(7-5-19)26(32)30-15-18-3-2-10-28-14-18/h17-25,28-29H,2-16H2,1H3,(H,30,32)(H,31,33). The summed E-state index contributed by atoms with van der Waals surface area (Å²) in [7, 11) is 0. The van der Waals surface area contributed by atoms with E-state index in [1.807, 2.05) is 0 Å². The van der Waals surface area contributed by atoms with Crippen LogP contribution in [0.5, 0.6) is 0 Å². The first-order chi connectivity index (χ1) is 16.1. The van der Waals surface area contributed by atoms with Gasteiger partial charge >= 0.3 is 0 Å². The Hall–Kier alpha value is -1.14. The zero-order chi connectivity index (χ0) is 22.8. The Morgan fingerprint density at radius 3 is 2.42 bits per heavy atom. The molecule has 3 saturated carbocycles. The molecular formula is C27H46N4O2. The Labute approximate surface area is 200 Å². The maximum atomic E-state index is 13.0. The van der Waals surface area contributed by atoms with Gasteiger partial charge in [0.2, 0.25) is 11.8 Å². The fraction of sp³-hybridized carbons (Fsp3) is 0.926. The van der Waals surface area contributed by atoms with E-state index in [4.69, 9.17) is 0 Å². The van der Waals surface area contributed by atoms with Crippen LogP contribution in [0.15, 0.2) is 0 Å². The summed E-state index contributed by atoms with van der Waals surface area (Å²) in [6, 6.07) is 0.388. The van der Waals surface area contributed by atoms with E-state index in [0.717, 1.165) is 82.5 Å². The average Bonchev–Trinajstić information content (AvgIpc) is 3.65. The molecule has 6 nitrogen and oxygen atoms in total. The highest BCUT2D eigenvalue weighted by atomic mass is 16.2. The quantitative estimate of drug-likeness (QED) is 0.493. The summed E-state index contributed by atoms with van der Waals surface area (Å²) in [5.41, 5.74) is 0. The molecule has 0 aromatic rings. The Morgan fingerprint density at radius 1 is 0.818 bits per heavy atom. The molecule has 5 aliphatic rings. The molecule has 2 saturated heterocycles. The molecule has 2 amide bonds. The molecule has 0 aromatic carbocycles. The zero-order valence-electron chi connectivity index (χ0n) is 20.6. The molecule has 0 aromatic heterocycles. The minimum Gasteiger partial charge on any atom is -0.356 e. The lowest BCUT2D eigenvalue weighted by Gasteiger charge is -2.43. The largest absolute Gasteiger partial charge is 0.356 e. The molecule has 2 heterocycles. The summed E-state index contributed by atoms with van der Waals surface area (Å²) in [4.78, 5) is 25.6. The number of carbonyl (C=O) groups is 2. The van der Waals surface area contributed by atoms with Gasteiger partial charge < -0.3 is 21.3 Å². The van der Waals surface area contributed by atoms with Crippen LogP contribution in [0.1, 0.15) is 71.1 Å². The second kappa shape index (κ2) is 10.6. The molecule has 4 N–H and O–H groups in total. The maximum absolute atomic E-state index is 13.0. The molecule has 7 unspecified atom stereocenters. The topological polar surface area (TPSA) is 82.3 Å². The van der Waals surface area contributed by atoms with E-state index in [2.05, 4.69) is 28.2 Å². The van der Waals surface area contributed by atoms with Gasteiger partial charge in [0, 0.05) is 24.4 Å². The molecule has 0 spiro atoms. The molecule has 0 bridgehead atoms. The number of amides is 2. The van der Waals surface area contributed by atoms with Crippen molar-refractivity contribution in [1.29, 1.82) is 0 Å². The number of carbonyl (C=O) groups excluding carboxylic acids is 2. The van der Waals surface area contributed by atoms with Gasteiger partial charge in [0.05, 0.1) is 0 Å². The van der Waals surface area contributed by atoms with E-state index in [9.17, 15) is 9.59 Å². The van der Waals surface area contributed by atoms with Gasteiger partial charge in [-0.25, -0.2) is 0 Å². The molecule has 2 aliphatic heterocycles. The third kappa shape index (κ3) is 5.75. The number of rotatable bonds is 6. The lowest BCUT2D eigenvalue weighted by atomic mass is 9.69. The van der Waals surface area contributed by atoms with Crippen LogP contribution < -0.4 is 21.3 Å². The van der Waals surface area contributed by atoms with Gasteiger partial charge in [-0.05, 0) is 126 Å². The predicted molar refractivity (Wildman–Crippen MR) is 130 cm³/mol. The summed E-state index contributed by atoms with van der Waals surface area (Å²) in [5, 5.41) is 13.7. The van der Waals surface area contributed by atoms with Gasteiger partial charge in [0.15, 0.2) is 0 Å². The SMILES string of the molecule is CC1CNCC2CCC(NC(=O)C3CC3C3CCC(C(=O)NCC4CCCNC4)CC3)CC12. The van der Waals surface area contributed by atoms with Crippen molar-refractivity contribution in [3.8, 4) is 0 Å². The second-order valence-electron chi connectivity index (χ2n) is 12.2. The van der Waals surface area contributed by atoms with Gasteiger partial charge in [-0.1, -0.05) is 6.92 Å². The van der Waals surface area contributed by atoms with Crippen molar-refractivity contribution in [3.05, 3.63) is 0 Å². The van der Waals surface area contributed by atoms with Crippen molar-refractivity contribution >= 4 is 11.8 Å². The molecule has 0 radical (unpaired) electrons. The van der Waals surface area contributed by atoms with Gasteiger partial charge in [-0.2, -0.15) is 0 Å². The van der Waals surface area contributed by atoms with Crippen LogP contribution in [0.25, 0.3) is 0 Å². The second-order valence-corrected chi connectivity index (χ2v) is 12.2. The van der Waals surface area contributed by atoms with Crippen molar-refractivity contribution < 1.29 is 9.59 Å². The molecule has 6 heteroatoms. The molecular weight excluding hydrogens is 412 g/mol. The van der Waals surface area contributed by atoms with Crippen molar-refractivity contribution in [2.24, 2.45) is 47.3 Å². The minimum atomic E-state index is 0.186. The molecule has 5 fully saturated rings. The van der Waals surface area contributed by atoms with Crippen molar-refractivity contribution in [2.75, 3.05) is 32.7 Å². The third-order valence-electron chi connectivity index (χ3n) is 9.89. The highest BCUT2D eigenvalue weighted by Crippen LogP contribution is 2.50. The number of hydrogen-bond acceptors (Lipinski definition) is 4.